The van der Waals surface area contributed by atoms with Crippen LogP contribution in [0.4, 0.5) is 4.39 Å². The van der Waals surface area contributed by atoms with Crippen molar-refractivity contribution in [1.29, 1.82) is 0 Å². The van der Waals surface area contributed by atoms with Crippen LogP contribution in [0.15, 0.2) is 42.5 Å². The molecule has 0 aromatic heterocycles. The molecule has 0 spiro atoms. The lowest BCUT2D eigenvalue weighted by molar-refractivity contribution is 0.116. The monoisotopic (exact) mass is 306 g/mol. The van der Waals surface area contributed by atoms with E-state index in [1.54, 1.807) is 6.07 Å². The molecule has 21 heavy (non-hydrogen) atoms. The molecule has 3 rings (SSSR count). The summed E-state index contributed by atoms with van der Waals surface area (Å²) in [5, 5.41) is 10.6. The number of hydrogen-bond acceptors (Lipinski definition) is 2. The van der Waals surface area contributed by atoms with Crippen LogP contribution in [-0.4, -0.2) is 17.8 Å². The van der Waals surface area contributed by atoms with Crippen molar-refractivity contribution in [3.05, 3.63) is 64.4 Å². The molecular formula is C17H16ClFO2. The Morgan fingerprint density at radius 3 is 2.90 bits per heavy atom. The fraction of sp³-hybridized carbons (Fsp3) is 0.294. The second-order valence-corrected chi connectivity index (χ2v) is 5.71. The maximum atomic E-state index is 13.5. The molecule has 2 nitrogen and oxygen atoms in total. The predicted octanol–water partition coefficient (Wildman–Crippen LogP) is 3.95. The Labute approximate surface area is 128 Å². The summed E-state index contributed by atoms with van der Waals surface area (Å²) in [7, 11) is 0. The number of hydrogen-bond donors (Lipinski definition) is 1. The molecule has 2 atom stereocenters. The van der Waals surface area contributed by atoms with E-state index >= 15 is 0 Å². The van der Waals surface area contributed by atoms with Gasteiger partial charge in [-0.2, -0.15) is 0 Å². The number of aliphatic hydroxyl groups is 1. The molecule has 1 aliphatic rings. The molecular weight excluding hydrogens is 291 g/mol. The number of fused-ring (bicyclic) bond motifs is 1. The molecule has 0 radical (unpaired) electrons. The molecule has 2 aromatic rings. The molecule has 0 saturated carbocycles. The lowest BCUT2D eigenvalue weighted by atomic mass is 9.85. The largest absolute Gasteiger partial charge is 0.493 e. The summed E-state index contributed by atoms with van der Waals surface area (Å²) < 4.78 is 19.1. The molecule has 1 aliphatic heterocycles. The van der Waals surface area contributed by atoms with E-state index in [9.17, 15) is 9.50 Å². The fourth-order valence-corrected chi connectivity index (χ4v) is 2.94. The molecule has 110 valence electrons. The Kier molecular flexibility index (Phi) is 4.13. The van der Waals surface area contributed by atoms with Gasteiger partial charge in [-0.15, -0.1) is 0 Å². The Balaban J connectivity index is 1.80. The first-order valence-electron chi connectivity index (χ1n) is 6.99. The summed E-state index contributed by atoms with van der Waals surface area (Å²) in [6.45, 7) is 0.591. The highest BCUT2D eigenvalue weighted by molar-refractivity contribution is 6.30. The molecule has 2 aromatic carbocycles. The normalized spacial score (nSPS) is 18.7. The SMILES string of the molecule is OC(Cc1ccc(Cl)c(F)c1)C1CCOc2ccccc21. The van der Waals surface area contributed by atoms with Crippen molar-refractivity contribution in [3.63, 3.8) is 0 Å². The van der Waals surface area contributed by atoms with Gasteiger partial charge in [0, 0.05) is 5.92 Å². The van der Waals surface area contributed by atoms with E-state index in [-0.39, 0.29) is 10.9 Å². The molecule has 4 heteroatoms. The maximum Gasteiger partial charge on any atom is 0.142 e. The molecule has 2 unspecified atom stereocenters. The van der Waals surface area contributed by atoms with E-state index in [0.717, 1.165) is 23.3 Å². The fourth-order valence-electron chi connectivity index (χ4n) is 2.82. The number of halogens is 2. The van der Waals surface area contributed by atoms with Crippen molar-refractivity contribution in [2.75, 3.05) is 6.61 Å². The van der Waals surface area contributed by atoms with Gasteiger partial charge in [0.25, 0.3) is 0 Å². The van der Waals surface area contributed by atoms with Gasteiger partial charge in [0.05, 0.1) is 17.7 Å². The van der Waals surface area contributed by atoms with E-state index in [4.69, 9.17) is 16.3 Å². The third-order valence-electron chi connectivity index (χ3n) is 3.90. The van der Waals surface area contributed by atoms with E-state index < -0.39 is 11.9 Å². The van der Waals surface area contributed by atoms with E-state index in [2.05, 4.69) is 0 Å². The van der Waals surface area contributed by atoms with Crippen LogP contribution in [0.2, 0.25) is 5.02 Å². The van der Waals surface area contributed by atoms with Crippen molar-refractivity contribution >= 4 is 11.6 Å². The van der Waals surface area contributed by atoms with E-state index in [0.29, 0.717) is 13.0 Å². The van der Waals surface area contributed by atoms with E-state index in [1.165, 1.54) is 12.1 Å². The lowest BCUT2D eigenvalue weighted by Crippen LogP contribution is -2.26. The van der Waals surface area contributed by atoms with Crippen molar-refractivity contribution in [2.24, 2.45) is 0 Å². The zero-order chi connectivity index (χ0) is 14.8. The van der Waals surface area contributed by atoms with E-state index in [1.807, 2.05) is 24.3 Å². The zero-order valence-electron chi connectivity index (χ0n) is 11.4. The number of para-hydroxylation sites is 1. The van der Waals surface area contributed by atoms with Gasteiger partial charge in [0.2, 0.25) is 0 Å². The van der Waals surface area contributed by atoms with Crippen LogP contribution >= 0.6 is 11.6 Å². The summed E-state index contributed by atoms with van der Waals surface area (Å²) in [6.07, 6.45) is 0.581. The van der Waals surface area contributed by atoms with Crippen LogP contribution < -0.4 is 4.74 Å². The van der Waals surface area contributed by atoms with Gasteiger partial charge in [-0.3, -0.25) is 0 Å². The van der Waals surface area contributed by atoms with Gasteiger partial charge in [0.15, 0.2) is 0 Å². The summed E-state index contributed by atoms with van der Waals surface area (Å²) >= 11 is 5.68. The van der Waals surface area contributed by atoms with Crippen LogP contribution in [0.3, 0.4) is 0 Å². The van der Waals surface area contributed by atoms with Crippen molar-refractivity contribution < 1.29 is 14.2 Å². The van der Waals surface area contributed by atoms with Gasteiger partial charge in [0.1, 0.15) is 11.6 Å². The number of rotatable bonds is 3. The first-order valence-corrected chi connectivity index (χ1v) is 7.36. The highest BCUT2D eigenvalue weighted by Crippen LogP contribution is 2.36. The summed E-state index contributed by atoms with van der Waals surface area (Å²) in [5.74, 6) is 0.387. The molecule has 0 fully saturated rings. The molecule has 1 N–H and O–H groups in total. The third-order valence-corrected chi connectivity index (χ3v) is 4.20. The second-order valence-electron chi connectivity index (χ2n) is 5.30. The first kappa shape index (κ1) is 14.4. The minimum atomic E-state index is -0.573. The van der Waals surface area contributed by atoms with Crippen LogP contribution in [-0.2, 0) is 6.42 Å². The van der Waals surface area contributed by atoms with Gasteiger partial charge in [-0.1, -0.05) is 35.9 Å². The van der Waals surface area contributed by atoms with Crippen molar-refractivity contribution in [2.45, 2.75) is 24.9 Å². The summed E-state index contributed by atoms with van der Waals surface area (Å²) in [4.78, 5) is 0. The maximum absolute atomic E-state index is 13.5. The Hall–Kier alpha value is -1.58. The third kappa shape index (κ3) is 3.04. The number of aliphatic hydroxyl groups excluding tert-OH is 1. The molecule has 0 aliphatic carbocycles. The lowest BCUT2D eigenvalue weighted by Gasteiger charge is -2.29. The molecule has 0 saturated heterocycles. The predicted molar refractivity (Wildman–Crippen MR) is 80.4 cm³/mol. The number of benzene rings is 2. The summed E-state index contributed by atoms with van der Waals surface area (Å²) in [6, 6.07) is 12.4. The smallest absolute Gasteiger partial charge is 0.142 e. The Morgan fingerprint density at radius 1 is 1.29 bits per heavy atom. The summed E-state index contributed by atoms with van der Waals surface area (Å²) in [5.41, 5.74) is 1.76. The van der Waals surface area contributed by atoms with Crippen LogP contribution in [0, 0.1) is 5.82 Å². The minimum absolute atomic E-state index is 0.00805. The molecule has 0 amide bonds. The highest BCUT2D eigenvalue weighted by atomic mass is 35.5. The van der Waals surface area contributed by atoms with Gasteiger partial charge < -0.3 is 9.84 Å². The van der Waals surface area contributed by atoms with Crippen LogP contribution in [0.25, 0.3) is 0 Å². The Bertz CT molecular complexity index is 644. The van der Waals surface area contributed by atoms with Gasteiger partial charge in [-0.05, 0) is 42.2 Å². The Morgan fingerprint density at radius 2 is 2.10 bits per heavy atom. The first-order chi connectivity index (χ1) is 10.1. The van der Waals surface area contributed by atoms with Crippen molar-refractivity contribution in [1.82, 2.24) is 0 Å². The second kappa shape index (κ2) is 6.04. The molecule has 0 bridgehead atoms. The number of ether oxygens (including phenoxy) is 1. The van der Waals surface area contributed by atoms with Gasteiger partial charge >= 0.3 is 0 Å². The van der Waals surface area contributed by atoms with Crippen molar-refractivity contribution in [3.8, 4) is 5.75 Å². The molecule has 1 heterocycles. The zero-order valence-corrected chi connectivity index (χ0v) is 12.2. The van der Waals surface area contributed by atoms with Gasteiger partial charge in [-0.25, -0.2) is 4.39 Å². The minimum Gasteiger partial charge on any atom is -0.493 e. The highest BCUT2D eigenvalue weighted by Gasteiger charge is 2.27. The topological polar surface area (TPSA) is 29.5 Å². The standard InChI is InChI=1S/C17H16ClFO2/c18-14-6-5-11(9-15(14)19)10-16(20)12-7-8-21-17-4-2-1-3-13(12)17/h1-6,9,12,16,20H,7-8,10H2. The average molecular weight is 307 g/mol. The van der Waals surface area contributed by atoms with Crippen LogP contribution in [0.5, 0.6) is 5.75 Å². The van der Waals surface area contributed by atoms with Crippen LogP contribution in [0.1, 0.15) is 23.5 Å². The average Bonchev–Trinajstić information content (AvgIpc) is 2.50. The quantitative estimate of drug-likeness (QED) is 0.930.